The number of aromatic nitrogens is 1. The number of alkyl carbamates (subject to hydrolysis) is 1. The number of primary amides is 1. The first kappa shape index (κ1) is 27.2. The van der Waals surface area contributed by atoms with Gasteiger partial charge in [0.15, 0.2) is 0 Å². The molecule has 0 aliphatic carbocycles. The summed E-state index contributed by atoms with van der Waals surface area (Å²) in [6.07, 6.45) is -0.264. The fourth-order valence-corrected chi connectivity index (χ4v) is 3.36. The van der Waals surface area contributed by atoms with Gasteiger partial charge < -0.3 is 25.8 Å². The maximum atomic E-state index is 12.8. The van der Waals surface area contributed by atoms with Gasteiger partial charge in [0.2, 0.25) is 11.8 Å². The van der Waals surface area contributed by atoms with Gasteiger partial charge in [-0.25, -0.2) is 9.78 Å². The van der Waals surface area contributed by atoms with Crippen molar-refractivity contribution in [2.24, 2.45) is 5.73 Å². The molecule has 0 aliphatic rings. The van der Waals surface area contributed by atoms with Crippen molar-refractivity contribution in [3.05, 3.63) is 72.3 Å². The fourth-order valence-electron chi connectivity index (χ4n) is 3.36. The van der Waals surface area contributed by atoms with Crippen molar-refractivity contribution < 1.29 is 23.9 Å². The Morgan fingerprint density at radius 2 is 1.57 bits per heavy atom. The van der Waals surface area contributed by atoms with Crippen LogP contribution in [0.3, 0.4) is 0 Å². The van der Waals surface area contributed by atoms with Crippen molar-refractivity contribution >= 4 is 23.7 Å². The molecular formula is C28H32N4O5. The number of hydrogen-bond donors (Lipinski definition) is 3. The second kappa shape index (κ2) is 12.0. The molecule has 1 atom stereocenters. The van der Waals surface area contributed by atoms with Crippen molar-refractivity contribution in [3.63, 3.8) is 0 Å². The number of carbonyl (C=O) groups is 3. The van der Waals surface area contributed by atoms with E-state index in [-0.39, 0.29) is 5.82 Å². The van der Waals surface area contributed by atoms with E-state index in [1.807, 2.05) is 48.5 Å². The van der Waals surface area contributed by atoms with E-state index in [2.05, 4.69) is 22.5 Å². The highest BCUT2D eigenvalue weighted by molar-refractivity contribution is 5.98. The Kier molecular flexibility index (Phi) is 8.84. The molecule has 0 aliphatic heterocycles. The second-order valence-corrected chi connectivity index (χ2v) is 9.39. The van der Waals surface area contributed by atoms with Crippen LogP contribution in [0, 0.1) is 0 Å². The lowest BCUT2D eigenvalue weighted by Crippen LogP contribution is -2.47. The Labute approximate surface area is 216 Å². The highest BCUT2D eigenvalue weighted by Crippen LogP contribution is 2.26. The van der Waals surface area contributed by atoms with Crippen molar-refractivity contribution in [2.75, 3.05) is 5.32 Å². The molecule has 2 aromatic carbocycles. The van der Waals surface area contributed by atoms with Crippen LogP contribution in [-0.4, -0.2) is 34.5 Å². The van der Waals surface area contributed by atoms with E-state index in [1.54, 1.807) is 39.0 Å². The largest absolute Gasteiger partial charge is 0.457 e. The van der Waals surface area contributed by atoms with E-state index in [4.69, 9.17) is 15.2 Å². The van der Waals surface area contributed by atoms with Gasteiger partial charge in [0.25, 0.3) is 0 Å². The number of nitrogens with zero attached hydrogens (tertiary/aromatic N) is 1. The minimum absolute atomic E-state index is 0.249. The average molecular weight is 505 g/mol. The van der Waals surface area contributed by atoms with Gasteiger partial charge in [-0.05, 0) is 81.3 Å². The molecule has 1 heterocycles. The summed E-state index contributed by atoms with van der Waals surface area (Å²) in [5, 5.41) is 5.01. The summed E-state index contributed by atoms with van der Waals surface area (Å²) in [5.74, 6) is 0.284. The molecule has 194 valence electrons. The smallest absolute Gasteiger partial charge is 0.408 e. The Bertz CT molecular complexity index is 1230. The van der Waals surface area contributed by atoms with Crippen LogP contribution in [0.1, 0.15) is 39.7 Å². The van der Waals surface area contributed by atoms with Crippen LogP contribution in [-0.2, 0) is 20.7 Å². The number of ether oxygens (including phenoxy) is 2. The van der Waals surface area contributed by atoms with Gasteiger partial charge in [0, 0.05) is 5.56 Å². The minimum Gasteiger partial charge on any atom is -0.457 e. The lowest BCUT2D eigenvalue weighted by atomic mass is 10.1. The van der Waals surface area contributed by atoms with Gasteiger partial charge in [-0.3, -0.25) is 9.59 Å². The molecular weight excluding hydrogens is 472 g/mol. The van der Waals surface area contributed by atoms with Gasteiger partial charge in [-0.1, -0.05) is 25.1 Å². The molecule has 3 aromatic rings. The van der Waals surface area contributed by atoms with Crippen molar-refractivity contribution in [2.45, 2.75) is 52.2 Å². The van der Waals surface area contributed by atoms with Crippen molar-refractivity contribution in [1.29, 1.82) is 0 Å². The molecule has 3 rings (SSSR count). The van der Waals surface area contributed by atoms with E-state index in [0.29, 0.717) is 11.4 Å². The number of pyridine rings is 1. The molecule has 3 amide bonds. The first-order valence-corrected chi connectivity index (χ1v) is 12.0. The van der Waals surface area contributed by atoms with Crippen molar-refractivity contribution in [3.8, 4) is 22.8 Å². The molecule has 0 saturated heterocycles. The summed E-state index contributed by atoms with van der Waals surface area (Å²) in [7, 11) is 0. The summed E-state index contributed by atoms with van der Waals surface area (Å²) in [6.45, 7) is 7.16. The van der Waals surface area contributed by atoms with Crippen LogP contribution in [0.4, 0.5) is 10.6 Å². The zero-order chi connectivity index (χ0) is 27.0. The average Bonchev–Trinajstić information content (AvgIpc) is 2.83. The maximum absolute atomic E-state index is 12.8. The van der Waals surface area contributed by atoms with E-state index in [9.17, 15) is 14.4 Å². The molecule has 1 unspecified atom stereocenters. The number of aryl methyl sites for hydroxylation is 1. The Morgan fingerprint density at radius 1 is 0.946 bits per heavy atom. The maximum Gasteiger partial charge on any atom is 0.408 e. The number of nitrogens with two attached hydrogens (primary N) is 1. The first-order valence-electron chi connectivity index (χ1n) is 12.0. The number of anilines is 1. The van der Waals surface area contributed by atoms with Gasteiger partial charge in [-0.15, -0.1) is 0 Å². The summed E-state index contributed by atoms with van der Waals surface area (Å²) in [4.78, 5) is 40.9. The molecule has 0 fully saturated rings. The van der Waals surface area contributed by atoms with Gasteiger partial charge in [0.05, 0.1) is 12.1 Å². The zero-order valence-corrected chi connectivity index (χ0v) is 21.4. The third-order valence-corrected chi connectivity index (χ3v) is 5.13. The lowest BCUT2D eigenvalue weighted by molar-refractivity contribution is -0.124. The molecule has 37 heavy (non-hydrogen) atoms. The SMILES string of the molecule is CCc1ccc(Oc2ccc(-c3cccc(NC(=O)C(CC(N)=O)NC(=O)OC(C)(C)C)n3)cc2)cc1. The second-order valence-electron chi connectivity index (χ2n) is 9.39. The quantitative estimate of drug-likeness (QED) is 0.383. The molecule has 1 aromatic heterocycles. The van der Waals surface area contributed by atoms with Crippen LogP contribution in [0.2, 0.25) is 0 Å². The topological polar surface area (TPSA) is 133 Å². The summed E-state index contributed by atoms with van der Waals surface area (Å²) >= 11 is 0. The Hall–Kier alpha value is -4.40. The van der Waals surface area contributed by atoms with Crippen LogP contribution < -0.4 is 21.1 Å². The number of hydrogen-bond acceptors (Lipinski definition) is 6. The summed E-state index contributed by atoms with van der Waals surface area (Å²) in [6, 6.07) is 19.3. The molecule has 9 nitrogen and oxygen atoms in total. The van der Waals surface area contributed by atoms with E-state index >= 15 is 0 Å². The van der Waals surface area contributed by atoms with Crippen LogP contribution in [0.15, 0.2) is 66.7 Å². The summed E-state index contributed by atoms with van der Waals surface area (Å²) < 4.78 is 11.1. The van der Waals surface area contributed by atoms with Crippen LogP contribution >= 0.6 is 0 Å². The molecule has 0 bridgehead atoms. The third kappa shape index (κ3) is 8.64. The fraction of sp³-hybridized carbons (Fsp3) is 0.286. The standard InChI is InChI=1S/C28H32N4O5/c1-5-18-9-13-20(14-10-18)36-21-15-11-19(12-16-21)22-7-6-8-25(30-22)32-26(34)23(17-24(29)33)31-27(35)37-28(2,3)4/h6-16,23H,5,17H2,1-4H3,(H2,29,33)(H,31,35)(H,30,32,34). The number of nitrogens with one attached hydrogen (secondary N) is 2. The van der Waals surface area contributed by atoms with E-state index < -0.39 is 36.0 Å². The van der Waals surface area contributed by atoms with Crippen LogP contribution in [0.5, 0.6) is 11.5 Å². The number of rotatable bonds is 9. The molecule has 0 spiro atoms. The van der Waals surface area contributed by atoms with Gasteiger partial charge in [0.1, 0.15) is 29.0 Å². The van der Waals surface area contributed by atoms with Gasteiger partial charge >= 0.3 is 6.09 Å². The summed E-state index contributed by atoms with van der Waals surface area (Å²) in [5.41, 5.74) is 7.16. The Balaban J connectivity index is 1.68. The van der Waals surface area contributed by atoms with Crippen LogP contribution in [0.25, 0.3) is 11.3 Å². The number of benzene rings is 2. The number of carbonyl (C=O) groups excluding carboxylic acids is 3. The number of amides is 3. The minimum atomic E-state index is -1.22. The lowest BCUT2D eigenvalue weighted by Gasteiger charge is -2.22. The normalized spacial score (nSPS) is 11.8. The highest BCUT2D eigenvalue weighted by atomic mass is 16.6. The van der Waals surface area contributed by atoms with E-state index in [1.165, 1.54) is 5.56 Å². The molecule has 0 radical (unpaired) electrons. The molecule has 0 saturated carbocycles. The Morgan fingerprint density at radius 3 is 2.14 bits per heavy atom. The van der Waals surface area contributed by atoms with Crippen molar-refractivity contribution in [1.82, 2.24) is 10.3 Å². The third-order valence-electron chi connectivity index (χ3n) is 5.13. The predicted octanol–water partition coefficient (Wildman–Crippen LogP) is 4.81. The highest BCUT2D eigenvalue weighted by Gasteiger charge is 2.26. The zero-order valence-electron chi connectivity index (χ0n) is 21.4. The first-order chi connectivity index (χ1) is 17.5. The monoisotopic (exact) mass is 504 g/mol. The van der Waals surface area contributed by atoms with E-state index in [0.717, 1.165) is 17.7 Å². The molecule has 4 N–H and O–H groups in total. The van der Waals surface area contributed by atoms with Gasteiger partial charge in [-0.2, -0.15) is 0 Å². The predicted molar refractivity (Wildman–Crippen MR) is 141 cm³/mol. The molecule has 9 heteroatoms.